The number of fused-ring (bicyclic) bond motifs is 1. The Balaban J connectivity index is 1.34. The molecule has 0 saturated heterocycles. The molecule has 13 heteroatoms. The molecule has 4 amide bonds. The van der Waals surface area contributed by atoms with E-state index >= 15 is 0 Å². The van der Waals surface area contributed by atoms with Crippen LogP contribution < -0.4 is 20.7 Å². The monoisotopic (exact) mass is 581 g/mol. The van der Waals surface area contributed by atoms with Gasteiger partial charge in [0.1, 0.15) is 11.6 Å². The van der Waals surface area contributed by atoms with E-state index in [0.717, 1.165) is 28.1 Å². The Kier molecular flexibility index (Phi) is 8.64. The zero-order valence-corrected chi connectivity index (χ0v) is 23.9. The molecule has 0 spiro atoms. The van der Waals surface area contributed by atoms with Gasteiger partial charge in [0.15, 0.2) is 11.6 Å². The zero-order chi connectivity index (χ0) is 28.9. The average molecular weight is 582 g/mol. The predicted molar refractivity (Wildman–Crippen MR) is 155 cm³/mol. The van der Waals surface area contributed by atoms with Gasteiger partial charge in [0.05, 0.1) is 40.1 Å². The number of hydrogen-bond donors (Lipinski definition) is 3. The van der Waals surface area contributed by atoms with E-state index in [1.807, 2.05) is 24.6 Å². The number of urea groups is 2. The summed E-state index contributed by atoms with van der Waals surface area (Å²) >= 11 is 1.43. The molecular formula is C28H32FN7O4S. The number of benzene rings is 1. The molecule has 3 aromatic heterocycles. The second-order valence-corrected chi connectivity index (χ2v) is 10.7. The van der Waals surface area contributed by atoms with Crippen molar-refractivity contribution in [3.8, 4) is 22.2 Å². The van der Waals surface area contributed by atoms with E-state index in [2.05, 4.69) is 25.9 Å². The summed E-state index contributed by atoms with van der Waals surface area (Å²) in [7, 11) is 3.50. The fourth-order valence-electron chi connectivity index (χ4n) is 4.20. The highest BCUT2D eigenvalue weighted by atomic mass is 32.1. The quantitative estimate of drug-likeness (QED) is 0.227. The number of methoxy groups -OCH3 is 1. The number of aromatic nitrogens is 3. The molecule has 1 fully saturated rings. The SMILES string of the molecule is CCNC(=O)N(CCOC)Cc1cnc(-c2cc3nccc(Oc4ccc(NC(=O)NC5CC5)cc4F)c3s2)n1C. The number of nitrogens with zero attached hydrogens (tertiary/aromatic N) is 4. The number of thiophene rings is 1. The van der Waals surface area contributed by atoms with Crippen molar-refractivity contribution >= 4 is 39.3 Å². The highest BCUT2D eigenvalue weighted by Crippen LogP contribution is 2.39. The lowest BCUT2D eigenvalue weighted by atomic mass is 10.3. The lowest BCUT2D eigenvalue weighted by Gasteiger charge is -2.22. The van der Waals surface area contributed by atoms with Gasteiger partial charge in [0, 0.05) is 57.3 Å². The summed E-state index contributed by atoms with van der Waals surface area (Å²) < 4.78 is 28.7. The van der Waals surface area contributed by atoms with Crippen LogP contribution in [0.25, 0.3) is 20.9 Å². The molecule has 216 valence electrons. The number of ether oxygens (including phenoxy) is 2. The number of anilines is 1. The van der Waals surface area contributed by atoms with Crippen molar-refractivity contribution in [1.29, 1.82) is 0 Å². The number of amides is 4. The summed E-state index contributed by atoms with van der Waals surface area (Å²) in [6.07, 6.45) is 5.28. The summed E-state index contributed by atoms with van der Waals surface area (Å²) in [5, 5.41) is 8.28. The lowest BCUT2D eigenvalue weighted by Crippen LogP contribution is -2.41. The third-order valence-corrected chi connectivity index (χ3v) is 7.67. The third-order valence-electron chi connectivity index (χ3n) is 6.54. The van der Waals surface area contributed by atoms with Gasteiger partial charge in [-0.25, -0.2) is 19.0 Å². The maximum absolute atomic E-state index is 14.9. The Morgan fingerprint density at radius 1 is 1.20 bits per heavy atom. The lowest BCUT2D eigenvalue weighted by molar-refractivity contribution is 0.146. The first kappa shape index (κ1) is 28.3. The van der Waals surface area contributed by atoms with E-state index in [-0.39, 0.29) is 23.9 Å². The van der Waals surface area contributed by atoms with Crippen molar-refractivity contribution in [3.05, 3.63) is 54.2 Å². The van der Waals surface area contributed by atoms with Crippen LogP contribution in [-0.2, 0) is 18.3 Å². The number of hydrogen-bond acceptors (Lipinski definition) is 7. The molecule has 1 saturated carbocycles. The summed E-state index contributed by atoms with van der Waals surface area (Å²) in [6.45, 7) is 3.63. The van der Waals surface area contributed by atoms with Gasteiger partial charge in [-0.2, -0.15) is 0 Å². The predicted octanol–water partition coefficient (Wildman–Crippen LogP) is 5.09. The maximum atomic E-state index is 14.9. The molecule has 3 heterocycles. The molecule has 5 rings (SSSR count). The fourth-order valence-corrected chi connectivity index (χ4v) is 5.30. The molecule has 4 aromatic rings. The van der Waals surface area contributed by atoms with Crippen LogP contribution in [-0.4, -0.2) is 64.3 Å². The molecule has 0 bridgehead atoms. The van der Waals surface area contributed by atoms with Gasteiger partial charge in [-0.3, -0.25) is 4.98 Å². The molecular weight excluding hydrogens is 549 g/mol. The zero-order valence-electron chi connectivity index (χ0n) is 23.1. The fraction of sp³-hybridized carbons (Fsp3) is 0.357. The Hall–Kier alpha value is -4.23. The van der Waals surface area contributed by atoms with Crippen LogP contribution in [0.3, 0.4) is 0 Å². The molecule has 3 N–H and O–H groups in total. The smallest absolute Gasteiger partial charge is 0.319 e. The summed E-state index contributed by atoms with van der Waals surface area (Å²) in [5.74, 6) is 0.590. The van der Waals surface area contributed by atoms with Crippen molar-refractivity contribution in [2.75, 3.05) is 32.1 Å². The van der Waals surface area contributed by atoms with Gasteiger partial charge < -0.3 is 34.9 Å². The van der Waals surface area contributed by atoms with E-state index in [1.54, 1.807) is 36.5 Å². The van der Waals surface area contributed by atoms with Crippen LogP contribution >= 0.6 is 11.3 Å². The number of nitrogens with one attached hydrogen (secondary N) is 3. The second kappa shape index (κ2) is 12.5. The van der Waals surface area contributed by atoms with Crippen molar-refractivity contribution < 1.29 is 23.5 Å². The molecule has 1 aromatic carbocycles. The van der Waals surface area contributed by atoms with Crippen molar-refractivity contribution in [2.45, 2.75) is 32.4 Å². The van der Waals surface area contributed by atoms with Gasteiger partial charge in [-0.05, 0) is 38.0 Å². The average Bonchev–Trinajstić information content (AvgIpc) is 3.52. The van der Waals surface area contributed by atoms with Crippen LogP contribution in [0, 0.1) is 5.82 Å². The Morgan fingerprint density at radius 3 is 2.76 bits per heavy atom. The van der Waals surface area contributed by atoms with Crippen molar-refractivity contribution in [1.82, 2.24) is 30.1 Å². The normalized spacial score (nSPS) is 12.8. The number of pyridine rings is 1. The Bertz CT molecular complexity index is 1550. The van der Waals surface area contributed by atoms with Gasteiger partial charge in [0.2, 0.25) is 0 Å². The van der Waals surface area contributed by atoms with Gasteiger partial charge >= 0.3 is 12.1 Å². The molecule has 0 aliphatic heterocycles. The van der Waals surface area contributed by atoms with E-state index in [9.17, 15) is 14.0 Å². The minimum Gasteiger partial charge on any atom is -0.453 e. The van der Waals surface area contributed by atoms with Gasteiger partial charge in [-0.1, -0.05) is 0 Å². The molecule has 1 aliphatic carbocycles. The van der Waals surface area contributed by atoms with E-state index in [1.165, 1.54) is 23.5 Å². The first-order chi connectivity index (χ1) is 19.9. The maximum Gasteiger partial charge on any atom is 0.319 e. The Morgan fingerprint density at radius 2 is 2.02 bits per heavy atom. The Labute approximate surface area is 240 Å². The third kappa shape index (κ3) is 6.74. The summed E-state index contributed by atoms with van der Waals surface area (Å²) in [6, 6.07) is 7.57. The number of rotatable bonds is 11. The minimum atomic E-state index is -0.602. The number of imidazole rings is 1. The standard InChI is InChI=1S/C28H32FN7O4S/c1-4-30-28(38)36(11-12-39-3)16-19-15-32-26(35(19)2)24-14-21-25(41-24)23(9-10-31-21)40-22-8-7-18(13-20(22)29)34-27(37)33-17-5-6-17/h7-10,13-15,17H,4-6,11-12,16H2,1-3H3,(H,30,38)(H2,33,34,37). The van der Waals surface area contributed by atoms with E-state index < -0.39 is 5.82 Å². The van der Waals surface area contributed by atoms with Crippen LogP contribution in [0.5, 0.6) is 11.5 Å². The highest BCUT2D eigenvalue weighted by Gasteiger charge is 2.23. The van der Waals surface area contributed by atoms with Crippen LogP contribution in [0.1, 0.15) is 25.5 Å². The largest absolute Gasteiger partial charge is 0.453 e. The number of carbonyl (C=O) groups is 2. The van der Waals surface area contributed by atoms with Crippen LogP contribution in [0.2, 0.25) is 0 Å². The van der Waals surface area contributed by atoms with Crippen molar-refractivity contribution in [2.24, 2.45) is 7.05 Å². The van der Waals surface area contributed by atoms with E-state index in [0.29, 0.717) is 49.0 Å². The number of halogens is 1. The number of carbonyl (C=O) groups excluding carboxylic acids is 2. The molecule has 1 aliphatic rings. The first-order valence-electron chi connectivity index (χ1n) is 13.3. The topological polar surface area (TPSA) is 123 Å². The molecule has 41 heavy (non-hydrogen) atoms. The van der Waals surface area contributed by atoms with Gasteiger partial charge in [0.25, 0.3) is 0 Å². The molecule has 0 atom stereocenters. The highest BCUT2D eigenvalue weighted by molar-refractivity contribution is 7.22. The summed E-state index contributed by atoms with van der Waals surface area (Å²) in [4.78, 5) is 36.1. The first-order valence-corrected chi connectivity index (χ1v) is 14.1. The van der Waals surface area contributed by atoms with Crippen LogP contribution in [0.4, 0.5) is 19.7 Å². The van der Waals surface area contributed by atoms with Crippen LogP contribution in [0.15, 0.2) is 42.7 Å². The summed E-state index contributed by atoms with van der Waals surface area (Å²) in [5.41, 5.74) is 1.88. The molecule has 0 unspecified atom stereocenters. The minimum absolute atomic E-state index is 0.0291. The van der Waals surface area contributed by atoms with Crippen molar-refractivity contribution in [3.63, 3.8) is 0 Å². The van der Waals surface area contributed by atoms with E-state index in [4.69, 9.17) is 9.47 Å². The molecule has 0 radical (unpaired) electrons. The second-order valence-electron chi connectivity index (χ2n) is 9.64. The van der Waals surface area contributed by atoms with Gasteiger partial charge in [-0.15, -0.1) is 11.3 Å². The molecule has 11 nitrogen and oxygen atoms in total.